The first-order valence-electron chi connectivity index (χ1n) is 5.96. The Bertz CT molecular complexity index is 751. The van der Waals surface area contributed by atoms with E-state index in [1.54, 1.807) is 24.3 Å². The molecule has 0 saturated heterocycles. The predicted molar refractivity (Wildman–Crippen MR) is 78.8 cm³/mol. The summed E-state index contributed by atoms with van der Waals surface area (Å²) in [6, 6.07) is 8.32. The standard InChI is InChI=1S/C13H8Cl2N4O2/c14-10-5-7(12(15)18-17-10)13(21)19-6-11(20)16-8-3-1-2-4-9(8)19/h1-5H,6H2,(H,16,20). The summed E-state index contributed by atoms with van der Waals surface area (Å²) in [6.07, 6.45) is 0. The van der Waals surface area contributed by atoms with Gasteiger partial charge >= 0.3 is 0 Å². The number of para-hydroxylation sites is 2. The molecule has 0 spiro atoms. The topological polar surface area (TPSA) is 75.2 Å². The van der Waals surface area contributed by atoms with Crippen molar-refractivity contribution < 1.29 is 9.59 Å². The van der Waals surface area contributed by atoms with Gasteiger partial charge in [0.1, 0.15) is 6.54 Å². The Balaban J connectivity index is 2.06. The third-order valence-electron chi connectivity index (χ3n) is 2.97. The Morgan fingerprint density at radius 1 is 1.24 bits per heavy atom. The summed E-state index contributed by atoms with van der Waals surface area (Å²) in [5, 5.41) is 9.86. The lowest BCUT2D eigenvalue weighted by Gasteiger charge is -2.29. The Morgan fingerprint density at radius 2 is 2.00 bits per heavy atom. The van der Waals surface area contributed by atoms with E-state index in [0.29, 0.717) is 11.4 Å². The molecule has 0 saturated carbocycles. The molecule has 1 N–H and O–H groups in total. The quantitative estimate of drug-likeness (QED) is 0.874. The fraction of sp³-hybridized carbons (Fsp3) is 0.0769. The van der Waals surface area contributed by atoms with Crippen LogP contribution in [0.4, 0.5) is 11.4 Å². The summed E-state index contributed by atoms with van der Waals surface area (Å²) in [5.41, 5.74) is 1.25. The predicted octanol–water partition coefficient (Wildman–Crippen LogP) is 2.38. The van der Waals surface area contributed by atoms with Gasteiger partial charge in [0, 0.05) is 0 Å². The van der Waals surface area contributed by atoms with Crippen molar-refractivity contribution in [3.8, 4) is 0 Å². The molecule has 0 unspecified atom stereocenters. The smallest absolute Gasteiger partial charge is 0.262 e. The molecule has 0 bridgehead atoms. The second-order valence-corrected chi connectivity index (χ2v) is 5.07. The lowest BCUT2D eigenvalue weighted by atomic mass is 10.1. The van der Waals surface area contributed by atoms with E-state index in [9.17, 15) is 9.59 Å². The first-order valence-corrected chi connectivity index (χ1v) is 6.71. The minimum absolute atomic E-state index is 0.0532. The molecular weight excluding hydrogens is 315 g/mol. The summed E-state index contributed by atoms with van der Waals surface area (Å²) in [7, 11) is 0. The summed E-state index contributed by atoms with van der Waals surface area (Å²) in [6.45, 7) is -0.105. The summed E-state index contributed by atoms with van der Waals surface area (Å²) >= 11 is 11.6. The number of carbonyl (C=O) groups is 2. The van der Waals surface area contributed by atoms with Crippen LogP contribution in [0.25, 0.3) is 0 Å². The number of aromatic nitrogens is 2. The van der Waals surface area contributed by atoms with Crippen molar-refractivity contribution in [2.45, 2.75) is 0 Å². The van der Waals surface area contributed by atoms with Crippen LogP contribution in [-0.4, -0.2) is 28.6 Å². The van der Waals surface area contributed by atoms with Crippen LogP contribution in [0.2, 0.25) is 10.3 Å². The van der Waals surface area contributed by atoms with Gasteiger partial charge < -0.3 is 5.32 Å². The summed E-state index contributed by atoms with van der Waals surface area (Å²) in [4.78, 5) is 25.7. The number of hydrogen-bond donors (Lipinski definition) is 1. The van der Waals surface area contributed by atoms with Crippen molar-refractivity contribution in [3.05, 3.63) is 46.2 Å². The maximum Gasteiger partial charge on any atom is 0.262 e. The van der Waals surface area contributed by atoms with Gasteiger partial charge in [-0.15, -0.1) is 10.2 Å². The average molecular weight is 323 g/mol. The number of fused-ring (bicyclic) bond motifs is 1. The second-order valence-electron chi connectivity index (χ2n) is 4.33. The van der Waals surface area contributed by atoms with E-state index in [2.05, 4.69) is 15.5 Å². The highest BCUT2D eigenvalue weighted by Gasteiger charge is 2.29. The molecule has 1 aliphatic heterocycles. The van der Waals surface area contributed by atoms with Crippen molar-refractivity contribution in [1.29, 1.82) is 0 Å². The van der Waals surface area contributed by atoms with E-state index in [1.807, 2.05) is 0 Å². The van der Waals surface area contributed by atoms with Crippen molar-refractivity contribution in [2.75, 3.05) is 16.8 Å². The van der Waals surface area contributed by atoms with Crippen molar-refractivity contribution in [3.63, 3.8) is 0 Å². The Kier molecular flexibility index (Phi) is 3.48. The number of halogens is 2. The highest BCUT2D eigenvalue weighted by Crippen LogP contribution is 2.31. The molecule has 106 valence electrons. The molecule has 21 heavy (non-hydrogen) atoms. The molecule has 3 rings (SSSR count). The molecule has 8 heteroatoms. The van der Waals surface area contributed by atoms with Crippen molar-refractivity contribution in [1.82, 2.24) is 10.2 Å². The number of carbonyl (C=O) groups excluding carboxylic acids is 2. The van der Waals surface area contributed by atoms with Crippen LogP contribution in [0.15, 0.2) is 30.3 Å². The molecule has 2 heterocycles. The third-order valence-corrected chi connectivity index (χ3v) is 3.43. The van der Waals surface area contributed by atoms with E-state index in [0.717, 1.165) is 0 Å². The maximum absolute atomic E-state index is 12.6. The lowest BCUT2D eigenvalue weighted by Crippen LogP contribution is -2.42. The normalized spacial score (nSPS) is 13.6. The number of benzene rings is 1. The van der Waals surface area contributed by atoms with E-state index < -0.39 is 5.91 Å². The summed E-state index contributed by atoms with van der Waals surface area (Å²) in [5.74, 6) is -0.745. The molecule has 0 aliphatic carbocycles. The zero-order valence-corrected chi connectivity index (χ0v) is 12.0. The second kappa shape index (κ2) is 5.31. The first-order chi connectivity index (χ1) is 10.1. The number of nitrogens with zero attached hydrogens (tertiary/aromatic N) is 3. The minimum Gasteiger partial charge on any atom is -0.323 e. The SMILES string of the molecule is O=C1CN(C(=O)c2cc(Cl)nnc2Cl)c2ccccc2N1. The van der Waals surface area contributed by atoms with Gasteiger partial charge in [0.25, 0.3) is 5.91 Å². The van der Waals surface area contributed by atoms with Gasteiger partial charge in [-0.1, -0.05) is 35.3 Å². The zero-order valence-electron chi connectivity index (χ0n) is 10.5. The van der Waals surface area contributed by atoms with Crippen LogP contribution in [0.3, 0.4) is 0 Å². The summed E-state index contributed by atoms with van der Waals surface area (Å²) < 4.78 is 0. The van der Waals surface area contributed by atoms with Gasteiger partial charge in [-0.3, -0.25) is 14.5 Å². The molecule has 6 nitrogen and oxygen atoms in total. The molecule has 2 amide bonds. The fourth-order valence-corrected chi connectivity index (χ4v) is 2.38. The van der Waals surface area contributed by atoms with E-state index in [-0.39, 0.29) is 28.3 Å². The Labute approximate surface area is 129 Å². The van der Waals surface area contributed by atoms with E-state index in [4.69, 9.17) is 23.2 Å². The number of nitrogens with one attached hydrogen (secondary N) is 1. The highest BCUT2D eigenvalue weighted by atomic mass is 35.5. The van der Waals surface area contributed by atoms with Gasteiger partial charge in [0.2, 0.25) is 5.91 Å². The van der Waals surface area contributed by atoms with Crippen LogP contribution in [0, 0.1) is 0 Å². The van der Waals surface area contributed by atoms with Gasteiger partial charge in [0.15, 0.2) is 10.3 Å². The number of amides is 2. The monoisotopic (exact) mass is 322 g/mol. The third kappa shape index (κ3) is 2.55. The number of rotatable bonds is 1. The average Bonchev–Trinajstić information content (AvgIpc) is 2.48. The molecule has 1 aromatic heterocycles. The molecule has 1 aromatic carbocycles. The van der Waals surface area contributed by atoms with Gasteiger partial charge in [-0.05, 0) is 18.2 Å². The maximum atomic E-state index is 12.6. The van der Waals surface area contributed by atoms with Gasteiger partial charge in [-0.2, -0.15) is 0 Å². The molecular formula is C13H8Cl2N4O2. The van der Waals surface area contributed by atoms with Crippen LogP contribution in [0.5, 0.6) is 0 Å². The van der Waals surface area contributed by atoms with E-state index >= 15 is 0 Å². The molecule has 0 radical (unpaired) electrons. The number of hydrogen-bond acceptors (Lipinski definition) is 4. The van der Waals surface area contributed by atoms with E-state index in [1.165, 1.54) is 11.0 Å². The van der Waals surface area contributed by atoms with Crippen LogP contribution < -0.4 is 10.2 Å². The molecule has 0 fully saturated rings. The zero-order chi connectivity index (χ0) is 15.0. The Hall–Kier alpha value is -2.18. The first kappa shape index (κ1) is 13.8. The lowest BCUT2D eigenvalue weighted by molar-refractivity contribution is -0.115. The molecule has 2 aromatic rings. The van der Waals surface area contributed by atoms with Gasteiger partial charge in [0.05, 0.1) is 16.9 Å². The van der Waals surface area contributed by atoms with Crippen LogP contribution in [-0.2, 0) is 4.79 Å². The van der Waals surface area contributed by atoms with Crippen molar-refractivity contribution in [2.24, 2.45) is 0 Å². The molecule has 1 aliphatic rings. The highest BCUT2D eigenvalue weighted by molar-refractivity contribution is 6.35. The largest absolute Gasteiger partial charge is 0.323 e. The Morgan fingerprint density at radius 3 is 2.81 bits per heavy atom. The number of anilines is 2. The fourth-order valence-electron chi connectivity index (χ4n) is 2.06. The van der Waals surface area contributed by atoms with Crippen LogP contribution >= 0.6 is 23.2 Å². The molecule has 0 atom stereocenters. The van der Waals surface area contributed by atoms with Gasteiger partial charge in [-0.25, -0.2) is 0 Å². The minimum atomic E-state index is -0.459. The van der Waals surface area contributed by atoms with Crippen molar-refractivity contribution >= 4 is 46.4 Å². The van der Waals surface area contributed by atoms with Crippen LogP contribution in [0.1, 0.15) is 10.4 Å².